The minimum Gasteiger partial charge on any atom is -0.369 e. The number of nitrogens with one attached hydrogen (secondary N) is 1. The van der Waals surface area contributed by atoms with Crippen LogP contribution in [-0.2, 0) is 6.54 Å². The molecule has 6 heteroatoms. The van der Waals surface area contributed by atoms with Crippen LogP contribution in [0.2, 0.25) is 0 Å². The van der Waals surface area contributed by atoms with E-state index in [-0.39, 0.29) is 0 Å². The molecule has 1 saturated heterocycles. The first kappa shape index (κ1) is 23.1. The van der Waals surface area contributed by atoms with Crippen molar-refractivity contribution in [2.45, 2.75) is 32.2 Å². The Balaban J connectivity index is 1.47. The number of hydrogen-bond donors (Lipinski definition) is 1. The van der Waals surface area contributed by atoms with Crippen molar-refractivity contribution >= 4 is 11.6 Å². The van der Waals surface area contributed by atoms with E-state index in [2.05, 4.69) is 63.6 Å². The van der Waals surface area contributed by atoms with Crippen LogP contribution in [0.25, 0.3) is 0 Å². The van der Waals surface area contributed by atoms with Crippen molar-refractivity contribution in [2.75, 3.05) is 43.4 Å². The highest BCUT2D eigenvalue weighted by Crippen LogP contribution is 2.25. The van der Waals surface area contributed by atoms with Gasteiger partial charge < -0.3 is 10.2 Å². The van der Waals surface area contributed by atoms with Gasteiger partial charge in [-0.3, -0.25) is 4.90 Å². The fraction of sp³-hybridized carbons (Fsp3) is 0.423. The van der Waals surface area contributed by atoms with Crippen LogP contribution in [0.5, 0.6) is 0 Å². The fourth-order valence-electron chi connectivity index (χ4n) is 4.18. The molecule has 0 aliphatic carbocycles. The summed E-state index contributed by atoms with van der Waals surface area (Å²) in [5.74, 6) is 4.31. The Labute approximate surface area is 191 Å². The number of hydrogen-bond acceptors (Lipinski definition) is 6. The Morgan fingerprint density at radius 3 is 2.53 bits per heavy atom. The number of pyridine rings is 1. The van der Waals surface area contributed by atoms with Gasteiger partial charge in [-0.1, -0.05) is 36.3 Å². The Hall–Kier alpha value is -3.53. The lowest BCUT2D eigenvalue weighted by Crippen LogP contribution is -2.33. The molecule has 3 rings (SSSR count). The SMILES string of the molecule is C#CCN(C)c1nc(NCCCC2CCN(Cc3ccccc3)CC2)c(C#N)cc1C#N. The van der Waals surface area contributed by atoms with Crippen LogP contribution >= 0.6 is 0 Å². The van der Waals surface area contributed by atoms with Crippen LogP contribution in [0.15, 0.2) is 36.4 Å². The van der Waals surface area contributed by atoms with Crippen LogP contribution in [0.3, 0.4) is 0 Å². The Morgan fingerprint density at radius 2 is 1.88 bits per heavy atom. The van der Waals surface area contributed by atoms with Gasteiger partial charge in [-0.15, -0.1) is 6.42 Å². The highest BCUT2D eigenvalue weighted by atomic mass is 15.2. The largest absolute Gasteiger partial charge is 0.369 e. The average molecular weight is 427 g/mol. The summed E-state index contributed by atoms with van der Waals surface area (Å²) in [6, 6.07) is 16.5. The van der Waals surface area contributed by atoms with Gasteiger partial charge in [0.2, 0.25) is 0 Å². The van der Waals surface area contributed by atoms with Gasteiger partial charge in [0.1, 0.15) is 23.8 Å². The van der Waals surface area contributed by atoms with E-state index < -0.39 is 0 Å². The predicted molar refractivity (Wildman–Crippen MR) is 128 cm³/mol. The summed E-state index contributed by atoms with van der Waals surface area (Å²) in [6.07, 6.45) is 10.0. The van der Waals surface area contributed by atoms with Crippen molar-refractivity contribution in [3.05, 3.63) is 53.1 Å². The standard InChI is InChI=1S/C26H30N6/c1-3-14-31(2)26-24(19-28)17-23(18-27)25(30-26)29-13-7-10-21-11-15-32(16-12-21)20-22-8-5-4-6-9-22/h1,4-6,8-9,17,21H,7,10-16,20H2,2H3,(H,29,30). The summed E-state index contributed by atoms with van der Waals surface area (Å²) in [4.78, 5) is 8.82. The summed E-state index contributed by atoms with van der Waals surface area (Å²) in [7, 11) is 1.79. The van der Waals surface area contributed by atoms with Gasteiger partial charge in [0.05, 0.1) is 17.7 Å². The van der Waals surface area contributed by atoms with E-state index in [0.717, 1.165) is 44.9 Å². The molecular weight excluding hydrogens is 396 g/mol. The molecule has 1 aromatic heterocycles. The summed E-state index contributed by atoms with van der Waals surface area (Å²) in [5, 5.41) is 22.2. The summed E-state index contributed by atoms with van der Waals surface area (Å²) < 4.78 is 0. The zero-order valence-corrected chi connectivity index (χ0v) is 18.7. The highest BCUT2D eigenvalue weighted by molar-refractivity contribution is 5.64. The number of terminal acetylenes is 1. The van der Waals surface area contributed by atoms with E-state index in [1.54, 1.807) is 18.0 Å². The van der Waals surface area contributed by atoms with E-state index >= 15 is 0 Å². The number of piperidine rings is 1. The van der Waals surface area contributed by atoms with Gasteiger partial charge >= 0.3 is 0 Å². The van der Waals surface area contributed by atoms with Crippen LogP contribution in [-0.4, -0.2) is 43.1 Å². The smallest absolute Gasteiger partial charge is 0.149 e. The molecule has 32 heavy (non-hydrogen) atoms. The second-order valence-corrected chi connectivity index (χ2v) is 8.31. The maximum atomic E-state index is 9.47. The number of anilines is 2. The summed E-state index contributed by atoms with van der Waals surface area (Å²) in [5.41, 5.74) is 2.12. The van der Waals surface area contributed by atoms with Crippen molar-refractivity contribution < 1.29 is 0 Å². The van der Waals surface area contributed by atoms with Crippen LogP contribution in [0, 0.1) is 40.9 Å². The Bertz CT molecular complexity index is 1000. The van der Waals surface area contributed by atoms with Crippen LogP contribution < -0.4 is 10.2 Å². The van der Waals surface area contributed by atoms with Crippen LogP contribution in [0.4, 0.5) is 11.6 Å². The third kappa shape index (κ3) is 6.24. The lowest BCUT2D eigenvalue weighted by atomic mass is 9.92. The highest BCUT2D eigenvalue weighted by Gasteiger charge is 2.19. The van der Waals surface area contributed by atoms with E-state index in [0.29, 0.717) is 29.3 Å². The molecule has 1 N–H and O–H groups in total. The van der Waals surface area contributed by atoms with Crippen molar-refractivity contribution in [2.24, 2.45) is 5.92 Å². The molecule has 1 aromatic carbocycles. The van der Waals surface area contributed by atoms with E-state index in [1.165, 1.54) is 18.4 Å². The number of benzene rings is 1. The number of nitriles is 2. The monoisotopic (exact) mass is 426 g/mol. The first-order valence-electron chi connectivity index (χ1n) is 11.1. The predicted octanol–water partition coefficient (Wildman–Crippen LogP) is 4.00. The molecule has 1 fully saturated rings. The molecule has 1 aliphatic heterocycles. The maximum Gasteiger partial charge on any atom is 0.149 e. The second-order valence-electron chi connectivity index (χ2n) is 8.31. The van der Waals surface area contributed by atoms with Crippen molar-refractivity contribution in [1.29, 1.82) is 10.5 Å². The van der Waals surface area contributed by atoms with Gasteiger partial charge in [0, 0.05) is 20.1 Å². The summed E-state index contributed by atoms with van der Waals surface area (Å²) >= 11 is 0. The molecule has 0 bridgehead atoms. The molecular formula is C26H30N6. The number of nitrogens with zero attached hydrogens (tertiary/aromatic N) is 5. The van der Waals surface area contributed by atoms with Crippen molar-refractivity contribution in [3.63, 3.8) is 0 Å². The number of rotatable bonds is 9. The van der Waals surface area contributed by atoms with Crippen LogP contribution in [0.1, 0.15) is 42.4 Å². The first-order chi connectivity index (χ1) is 15.6. The lowest BCUT2D eigenvalue weighted by Gasteiger charge is -2.32. The quantitative estimate of drug-likeness (QED) is 0.482. The molecule has 6 nitrogen and oxygen atoms in total. The Morgan fingerprint density at radius 1 is 1.16 bits per heavy atom. The Kier molecular flexibility index (Phi) is 8.50. The zero-order valence-electron chi connectivity index (χ0n) is 18.7. The van der Waals surface area contributed by atoms with Gasteiger partial charge in [-0.2, -0.15) is 10.5 Å². The van der Waals surface area contributed by atoms with E-state index in [4.69, 9.17) is 6.42 Å². The topological polar surface area (TPSA) is 79.0 Å². The molecule has 0 spiro atoms. The minimum absolute atomic E-state index is 0.343. The molecule has 0 amide bonds. The maximum absolute atomic E-state index is 9.47. The van der Waals surface area contributed by atoms with Crippen molar-refractivity contribution in [1.82, 2.24) is 9.88 Å². The van der Waals surface area contributed by atoms with Gasteiger partial charge in [0.15, 0.2) is 0 Å². The van der Waals surface area contributed by atoms with Gasteiger partial charge in [0.25, 0.3) is 0 Å². The summed E-state index contributed by atoms with van der Waals surface area (Å²) in [6.45, 7) is 4.42. The molecule has 2 aromatic rings. The van der Waals surface area contributed by atoms with E-state index in [9.17, 15) is 10.5 Å². The molecule has 2 heterocycles. The average Bonchev–Trinajstić information content (AvgIpc) is 2.83. The molecule has 164 valence electrons. The minimum atomic E-state index is 0.343. The van der Waals surface area contributed by atoms with Crippen molar-refractivity contribution in [3.8, 4) is 24.5 Å². The molecule has 0 unspecified atom stereocenters. The fourth-order valence-corrected chi connectivity index (χ4v) is 4.18. The normalized spacial score (nSPS) is 14.2. The number of aromatic nitrogens is 1. The second kappa shape index (κ2) is 11.8. The van der Waals surface area contributed by atoms with Gasteiger partial charge in [-0.05, 0) is 56.3 Å². The lowest BCUT2D eigenvalue weighted by molar-refractivity contribution is 0.171. The zero-order chi connectivity index (χ0) is 22.8. The molecule has 0 saturated carbocycles. The molecule has 1 aliphatic rings. The van der Waals surface area contributed by atoms with E-state index in [1.807, 2.05) is 0 Å². The van der Waals surface area contributed by atoms with Gasteiger partial charge in [-0.25, -0.2) is 4.98 Å². The molecule has 0 atom stereocenters. The third-order valence-electron chi connectivity index (χ3n) is 5.97. The molecule has 0 radical (unpaired) electrons. The third-order valence-corrected chi connectivity index (χ3v) is 5.97. The first-order valence-corrected chi connectivity index (χ1v) is 11.1. The number of likely N-dealkylation sites (tertiary alicyclic amines) is 1.